The minimum Gasteiger partial charge on any atom is -0.445 e. The van der Waals surface area contributed by atoms with Crippen LogP contribution in [0, 0.1) is 0 Å². The number of esters is 1. The molecule has 1 aromatic heterocycles. The molecule has 0 spiro atoms. The molecule has 2 aromatic carbocycles. The Morgan fingerprint density at radius 3 is 2.56 bits per heavy atom. The summed E-state index contributed by atoms with van der Waals surface area (Å²) in [6, 6.07) is 14.0. The number of rotatable bonds is 5. The standard InChI is InChI=1S/C22H21N3O5S2/c1-22(12-15-6-4-5-7-17(15)19(26)30-22)20(27)24-21-23-18(13-31-21)14-8-10-16(11-9-14)25(2)32(3,28)29/h4-11,13H,12H2,1-3H3,(H,23,24,27). The maximum atomic E-state index is 12.9. The molecule has 0 fully saturated rings. The van der Waals surface area contributed by atoms with Crippen molar-refractivity contribution in [3.63, 3.8) is 0 Å². The van der Waals surface area contributed by atoms with E-state index in [1.807, 2.05) is 12.1 Å². The van der Waals surface area contributed by atoms with Crippen LogP contribution in [0.5, 0.6) is 0 Å². The van der Waals surface area contributed by atoms with Crippen LogP contribution in [-0.2, 0) is 26.0 Å². The number of anilines is 2. The molecule has 1 atom stereocenters. The third kappa shape index (κ3) is 4.23. The van der Waals surface area contributed by atoms with Gasteiger partial charge in [-0.05, 0) is 30.7 Å². The first kappa shape index (κ1) is 22.0. The number of sulfonamides is 1. The summed E-state index contributed by atoms with van der Waals surface area (Å²) in [7, 11) is -1.86. The average Bonchev–Trinajstić information content (AvgIpc) is 3.21. The number of benzene rings is 2. The quantitative estimate of drug-likeness (QED) is 0.573. The van der Waals surface area contributed by atoms with Crippen molar-refractivity contribution in [1.82, 2.24) is 4.98 Å². The Morgan fingerprint density at radius 1 is 1.19 bits per heavy atom. The topological polar surface area (TPSA) is 106 Å². The van der Waals surface area contributed by atoms with E-state index in [2.05, 4.69) is 10.3 Å². The number of carbonyl (C=O) groups is 2. The number of aromatic nitrogens is 1. The Bertz CT molecular complexity index is 1300. The molecule has 1 amide bonds. The summed E-state index contributed by atoms with van der Waals surface area (Å²) >= 11 is 1.25. The first-order chi connectivity index (χ1) is 15.1. The second-order valence-corrected chi connectivity index (χ2v) is 10.6. The second-order valence-electron chi connectivity index (χ2n) is 7.72. The number of nitrogens with zero attached hydrogens (tertiary/aromatic N) is 2. The van der Waals surface area contributed by atoms with E-state index in [0.29, 0.717) is 22.1 Å². The van der Waals surface area contributed by atoms with Crippen LogP contribution in [0.4, 0.5) is 10.8 Å². The fourth-order valence-corrected chi connectivity index (χ4v) is 4.61. The van der Waals surface area contributed by atoms with Crippen molar-refractivity contribution in [2.75, 3.05) is 22.9 Å². The summed E-state index contributed by atoms with van der Waals surface area (Å²) in [6.45, 7) is 1.59. The predicted octanol–water partition coefficient (Wildman–Crippen LogP) is 3.32. The van der Waals surface area contributed by atoms with E-state index in [1.165, 1.54) is 22.7 Å². The number of nitrogens with one attached hydrogen (secondary N) is 1. The van der Waals surface area contributed by atoms with Crippen molar-refractivity contribution < 1.29 is 22.7 Å². The van der Waals surface area contributed by atoms with Crippen molar-refractivity contribution in [2.24, 2.45) is 0 Å². The molecule has 32 heavy (non-hydrogen) atoms. The summed E-state index contributed by atoms with van der Waals surface area (Å²) in [5.41, 5.74) is 1.84. The van der Waals surface area contributed by atoms with Gasteiger partial charge in [-0.3, -0.25) is 14.4 Å². The Balaban J connectivity index is 1.49. The first-order valence-electron chi connectivity index (χ1n) is 9.69. The minimum absolute atomic E-state index is 0.272. The van der Waals surface area contributed by atoms with E-state index in [0.717, 1.165) is 17.4 Å². The number of fused-ring (bicyclic) bond motifs is 1. The lowest BCUT2D eigenvalue weighted by molar-refractivity contribution is -0.134. The van der Waals surface area contributed by atoms with E-state index in [4.69, 9.17) is 4.74 Å². The Kier molecular flexibility index (Phi) is 5.51. The van der Waals surface area contributed by atoms with Crippen LogP contribution in [0.15, 0.2) is 53.9 Å². The molecule has 1 aliphatic heterocycles. The van der Waals surface area contributed by atoms with Crippen molar-refractivity contribution >= 4 is 44.1 Å². The maximum Gasteiger partial charge on any atom is 0.339 e. The molecule has 0 radical (unpaired) electrons. The first-order valence-corrected chi connectivity index (χ1v) is 12.4. The van der Waals surface area contributed by atoms with Crippen molar-refractivity contribution in [3.8, 4) is 11.3 Å². The zero-order valence-corrected chi connectivity index (χ0v) is 19.3. The SMILES string of the molecule is CN(c1ccc(-c2csc(NC(=O)C3(C)Cc4ccccc4C(=O)O3)n2)cc1)S(C)(=O)=O. The molecule has 8 nitrogen and oxygen atoms in total. The second kappa shape index (κ2) is 8.03. The van der Waals surface area contributed by atoms with Crippen LogP contribution in [0.1, 0.15) is 22.8 Å². The number of hydrogen-bond donors (Lipinski definition) is 1. The molecule has 3 aromatic rings. The smallest absolute Gasteiger partial charge is 0.339 e. The maximum absolute atomic E-state index is 12.9. The Morgan fingerprint density at radius 2 is 1.88 bits per heavy atom. The summed E-state index contributed by atoms with van der Waals surface area (Å²) in [4.78, 5) is 29.7. The summed E-state index contributed by atoms with van der Waals surface area (Å²) in [5, 5.41) is 4.91. The number of ether oxygens (including phenoxy) is 1. The van der Waals surface area contributed by atoms with Gasteiger partial charge in [0.15, 0.2) is 10.7 Å². The van der Waals surface area contributed by atoms with E-state index < -0.39 is 27.5 Å². The molecule has 0 aliphatic carbocycles. The fourth-order valence-electron chi connectivity index (χ4n) is 3.39. The number of carbonyl (C=O) groups excluding carboxylic acids is 2. The van der Waals surface area contributed by atoms with Crippen LogP contribution < -0.4 is 9.62 Å². The predicted molar refractivity (Wildman–Crippen MR) is 123 cm³/mol. The average molecular weight is 472 g/mol. The third-order valence-electron chi connectivity index (χ3n) is 5.31. The molecule has 166 valence electrons. The van der Waals surface area contributed by atoms with Gasteiger partial charge in [-0.2, -0.15) is 0 Å². The lowest BCUT2D eigenvalue weighted by Crippen LogP contribution is -2.48. The van der Waals surface area contributed by atoms with Crippen molar-refractivity contribution in [1.29, 1.82) is 0 Å². The van der Waals surface area contributed by atoms with Gasteiger partial charge < -0.3 is 4.74 Å². The minimum atomic E-state index is -3.35. The van der Waals surface area contributed by atoms with E-state index in [1.54, 1.807) is 48.7 Å². The van der Waals surface area contributed by atoms with Gasteiger partial charge in [0, 0.05) is 24.4 Å². The molecule has 10 heteroatoms. The molecule has 1 unspecified atom stereocenters. The Hall–Kier alpha value is -3.24. The van der Waals surface area contributed by atoms with Gasteiger partial charge in [-0.15, -0.1) is 11.3 Å². The highest BCUT2D eigenvalue weighted by Gasteiger charge is 2.42. The molecular formula is C22H21N3O5S2. The summed E-state index contributed by atoms with van der Waals surface area (Å²) in [6.07, 6.45) is 1.41. The lowest BCUT2D eigenvalue weighted by atomic mass is 9.89. The highest BCUT2D eigenvalue weighted by molar-refractivity contribution is 7.92. The van der Waals surface area contributed by atoms with Crippen LogP contribution in [0.2, 0.25) is 0 Å². The van der Waals surface area contributed by atoms with Crippen LogP contribution in [0.3, 0.4) is 0 Å². The van der Waals surface area contributed by atoms with Gasteiger partial charge in [-0.25, -0.2) is 18.2 Å². The van der Waals surface area contributed by atoms with Crippen LogP contribution >= 0.6 is 11.3 Å². The molecule has 2 heterocycles. The normalized spacial score (nSPS) is 17.9. The van der Waals surface area contributed by atoms with Crippen molar-refractivity contribution in [3.05, 3.63) is 65.0 Å². The van der Waals surface area contributed by atoms with Crippen molar-refractivity contribution in [2.45, 2.75) is 18.9 Å². The largest absolute Gasteiger partial charge is 0.445 e. The van der Waals surface area contributed by atoms with Gasteiger partial charge in [-0.1, -0.05) is 30.3 Å². The van der Waals surface area contributed by atoms with Gasteiger partial charge >= 0.3 is 5.97 Å². The molecule has 4 rings (SSSR count). The molecule has 1 N–H and O–H groups in total. The lowest BCUT2D eigenvalue weighted by Gasteiger charge is -2.32. The number of amides is 1. The number of thiazole rings is 1. The van der Waals surface area contributed by atoms with Gasteiger partial charge in [0.25, 0.3) is 5.91 Å². The highest BCUT2D eigenvalue weighted by Crippen LogP contribution is 2.31. The molecule has 0 saturated carbocycles. The number of cyclic esters (lactones) is 1. The van der Waals surface area contributed by atoms with Gasteiger partial charge in [0.05, 0.1) is 23.2 Å². The zero-order valence-electron chi connectivity index (χ0n) is 17.7. The highest BCUT2D eigenvalue weighted by atomic mass is 32.2. The number of hydrogen-bond acceptors (Lipinski definition) is 7. The summed E-state index contributed by atoms with van der Waals surface area (Å²) < 4.78 is 30.0. The third-order valence-corrected chi connectivity index (χ3v) is 7.28. The van der Waals surface area contributed by atoms with Crippen LogP contribution in [0.25, 0.3) is 11.3 Å². The van der Waals surface area contributed by atoms with E-state index in [9.17, 15) is 18.0 Å². The monoisotopic (exact) mass is 471 g/mol. The van der Waals surface area contributed by atoms with Crippen LogP contribution in [-0.4, -0.2) is 44.2 Å². The summed E-state index contributed by atoms with van der Waals surface area (Å²) in [5.74, 6) is -0.977. The molecule has 0 saturated heterocycles. The van der Waals surface area contributed by atoms with E-state index in [-0.39, 0.29) is 6.42 Å². The molecule has 0 bridgehead atoms. The Labute approximate surface area is 189 Å². The van der Waals surface area contributed by atoms with Gasteiger partial charge in [0.2, 0.25) is 10.0 Å². The molecular weight excluding hydrogens is 450 g/mol. The van der Waals surface area contributed by atoms with E-state index >= 15 is 0 Å². The molecule has 1 aliphatic rings. The fraction of sp³-hybridized carbons (Fsp3) is 0.227. The zero-order chi connectivity index (χ0) is 23.1. The van der Waals surface area contributed by atoms with Gasteiger partial charge in [0.1, 0.15) is 0 Å².